The third-order valence-electron chi connectivity index (χ3n) is 2.71. The number of rotatable bonds is 7. The van der Waals surface area contributed by atoms with Crippen LogP contribution in [0.3, 0.4) is 0 Å². The molecule has 0 aliphatic carbocycles. The average Bonchev–Trinajstić information content (AvgIpc) is 2.86. The number of nitrogens with zero attached hydrogens (tertiary/aromatic N) is 3. The van der Waals surface area contributed by atoms with E-state index in [2.05, 4.69) is 15.4 Å². The lowest BCUT2D eigenvalue weighted by atomic mass is 10.3. The highest BCUT2D eigenvalue weighted by atomic mass is 32.1. The molecule has 0 radical (unpaired) electrons. The Morgan fingerprint density at radius 2 is 2.00 bits per heavy atom. The van der Waals surface area contributed by atoms with Crippen LogP contribution in [0.15, 0.2) is 11.4 Å². The molecule has 7 nitrogen and oxygen atoms in total. The summed E-state index contributed by atoms with van der Waals surface area (Å²) in [7, 11) is 0. The van der Waals surface area contributed by atoms with Crippen molar-refractivity contribution in [2.75, 3.05) is 31.7 Å². The number of hydrogen-bond acceptors (Lipinski definition) is 8. The van der Waals surface area contributed by atoms with E-state index in [0.717, 1.165) is 10.2 Å². The first kappa shape index (κ1) is 14.1. The first-order chi connectivity index (χ1) is 9.28. The molecule has 0 spiro atoms. The van der Waals surface area contributed by atoms with Crippen molar-refractivity contribution in [3.05, 3.63) is 17.3 Å². The van der Waals surface area contributed by atoms with Crippen LogP contribution in [0.5, 0.6) is 0 Å². The molecule has 2 aromatic rings. The van der Waals surface area contributed by atoms with Gasteiger partial charge < -0.3 is 15.6 Å². The van der Waals surface area contributed by atoms with E-state index >= 15 is 0 Å². The van der Waals surface area contributed by atoms with Gasteiger partial charge >= 0.3 is 0 Å². The fourth-order valence-electron chi connectivity index (χ4n) is 1.83. The lowest BCUT2D eigenvalue weighted by Crippen LogP contribution is -2.30. The Bertz CT molecular complexity index is 527. The highest BCUT2D eigenvalue weighted by Crippen LogP contribution is 2.24. The number of fused-ring (bicyclic) bond motifs is 1. The van der Waals surface area contributed by atoms with Crippen LogP contribution >= 0.6 is 11.3 Å². The predicted octanol–water partition coefficient (Wildman–Crippen LogP) is -0.236. The monoisotopic (exact) mass is 283 g/mol. The molecule has 0 aliphatic heterocycles. The second kappa shape index (κ2) is 6.73. The van der Waals surface area contributed by atoms with Crippen molar-refractivity contribution in [2.24, 2.45) is 5.84 Å². The van der Waals surface area contributed by atoms with E-state index in [1.54, 1.807) is 0 Å². The van der Waals surface area contributed by atoms with Crippen LogP contribution in [0.2, 0.25) is 0 Å². The Morgan fingerprint density at radius 3 is 2.63 bits per heavy atom. The van der Waals surface area contributed by atoms with Crippen LogP contribution in [0.25, 0.3) is 10.2 Å². The molecule has 0 unspecified atom stereocenters. The fourth-order valence-corrected chi connectivity index (χ4v) is 2.62. The van der Waals surface area contributed by atoms with Gasteiger partial charge in [0.05, 0.1) is 25.1 Å². The van der Waals surface area contributed by atoms with Crippen LogP contribution < -0.4 is 11.3 Å². The number of nitrogens with one attached hydrogen (secondary N) is 1. The SMILES string of the molecule is NNc1nc(CN(CCO)CCO)nc2sccc12. The van der Waals surface area contributed by atoms with E-state index in [-0.39, 0.29) is 13.2 Å². The normalized spacial score (nSPS) is 11.4. The molecule has 0 amide bonds. The van der Waals surface area contributed by atoms with Crippen LogP contribution in [-0.4, -0.2) is 51.4 Å². The van der Waals surface area contributed by atoms with E-state index in [0.29, 0.717) is 31.3 Å². The Labute approximate surface area is 114 Å². The van der Waals surface area contributed by atoms with E-state index in [1.807, 2.05) is 16.3 Å². The second-order valence-electron chi connectivity index (χ2n) is 4.00. The van der Waals surface area contributed by atoms with Gasteiger partial charge in [0.1, 0.15) is 10.7 Å². The molecule has 5 N–H and O–H groups in total. The Kier molecular flexibility index (Phi) is 5.00. The van der Waals surface area contributed by atoms with E-state index in [9.17, 15) is 0 Å². The summed E-state index contributed by atoms with van der Waals surface area (Å²) in [4.78, 5) is 11.6. The molecule has 2 rings (SSSR count). The van der Waals surface area contributed by atoms with Gasteiger partial charge in [0.25, 0.3) is 0 Å². The van der Waals surface area contributed by atoms with Gasteiger partial charge in [0.2, 0.25) is 0 Å². The zero-order valence-corrected chi connectivity index (χ0v) is 11.2. The van der Waals surface area contributed by atoms with Gasteiger partial charge in [-0.05, 0) is 11.4 Å². The van der Waals surface area contributed by atoms with Gasteiger partial charge in [-0.15, -0.1) is 11.3 Å². The molecule has 2 aromatic heterocycles. The number of hydrazine groups is 1. The smallest absolute Gasteiger partial charge is 0.152 e. The number of nitrogens with two attached hydrogens (primary N) is 1. The first-order valence-corrected chi connectivity index (χ1v) is 6.81. The minimum atomic E-state index is 0.0310. The standard InChI is InChI=1S/C11H17N5O2S/c12-15-10-8-1-6-19-11(8)14-9(13-10)7-16(2-4-17)3-5-18/h1,6,17-18H,2-5,7,12H2,(H,13,14,15). The van der Waals surface area contributed by atoms with Crippen molar-refractivity contribution in [3.8, 4) is 0 Å². The highest BCUT2D eigenvalue weighted by molar-refractivity contribution is 7.16. The molecule has 19 heavy (non-hydrogen) atoms. The van der Waals surface area contributed by atoms with Crippen molar-refractivity contribution >= 4 is 27.4 Å². The van der Waals surface area contributed by atoms with Crippen molar-refractivity contribution in [2.45, 2.75) is 6.54 Å². The third-order valence-corrected chi connectivity index (χ3v) is 3.51. The van der Waals surface area contributed by atoms with Crippen LogP contribution in [0, 0.1) is 0 Å². The minimum absolute atomic E-state index is 0.0310. The number of anilines is 1. The molecule has 0 saturated carbocycles. The van der Waals surface area contributed by atoms with Crippen LogP contribution in [0.4, 0.5) is 5.82 Å². The lowest BCUT2D eigenvalue weighted by molar-refractivity contribution is 0.153. The summed E-state index contributed by atoms with van der Waals surface area (Å²) in [5.74, 6) is 6.67. The largest absolute Gasteiger partial charge is 0.395 e. The van der Waals surface area contributed by atoms with Gasteiger partial charge in [-0.3, -0.25) is 4.90 Å². The van der Waals surface area contributed by atoms with Gasteiger partial charge in [0, 0.05) is 13.1 Å². The summed E-state index contributed by atoms with van der Waals surface area (Å²) in [6, 6.07) is 1.91. The topological polar surface area (TPSA) is 108 Å². The Morgan fingerprint density at radius 1 is 1.26 bits per heavy atom. The third kappa shape index (κ3) is 3.37. The summed E-state index contributed by atoms with van der Waals surface area (Å²) >= 11 is 1.52. The predicted molar refractivity (Wildman–Crippen MR) is 74.7 cm³/mol. The van der Waals surface area contributed by atoms with E-state index < -0.39 is 0 Å². The molecule has 8 heteroatoms. The maximum atomic E-state index is 8.99. The summed E-state index contributed by atoms with van der Waals surface area (Å²) in [6.45, 7) is 1.46. The van der Waals surface area contributed by atoms with Gasteiger partial charge in [-0.1, -0.05) is 0 Å². The molecule has 0 saturated heterocycles. The van der Waals surface area contributed by atoms with Crippen molar-refractivity contribution < 1.29 is 10.2 Å². The van der Waals surface area contributed by atoms with Crippen LogP contribution in [0.1, 0.15) is 5.82 Å². The summed E-state index contributed by atoms with van der Waals surface area (Å²) in [5.41, 5.74) is 2.57. The summed E-state index contributed by atoms with van der Waals surface area (Å²) < 4.78 is 0. The van der Waals surface area contributed by atoms with E-state index in [1.165, 1.54) is 11.3 Å². The number of aromatic nitrogens is 2. The summed E-state index contributed by atoms with van der Waals surface area (Å²) in [6.07, 6.45) is 0. The molecule has 0 fully saturated rings. The average molecular weight is 283 g/mol. The summed E-state index contributed by atoms with van der Waals surface area (Å²) in [5, 5.41) is 20.8. The van der Waals surface area contributed by atoms with E-state index in [4.69, 9.17) is 16.1 Å². The Balaban J connectivity index is 2.23. The second-order valence-corrected chi connectivity index (χ2v) is 4.89. The molecule has 0 atom stereocenters. The maximum absolute atomic E-state index is 8.99. The van der Waals surface area contributed by atoms with Gasteiger partial charge in [-0.2, -0.15) is 0 Å². The molecular weight excluding hydrogens is 266 g/mol. The number of nitrogen functional groups attached to an aromatic ring is 1. The molecule has 0 aliphatic rings. The minimum Gasteiger partial charge on any atom is -0.395 e. The zero-order chi connectivity index (χ0) is 13.7. The number of aliphatic hydroxyl groups excluding tert-OH is 2. The quantitative estimate of drug-likeness (QED) is 0.410. The first-order valence-electron chi connectivity index (χ1n) is 5.93. The Hall–Kier alpha value is -1.32. The van der Waals surface area contributed by atoms with Crippen LogP contribution in [-0.2, 0) is 6.54 Å². The van der Waals surface area contributed by atoms with Gasteiger partial charge in [-0.25, -0.2) is 15.8 Å². The number of aliphatic hydroxyl groups is 2. The molecule has 2 heterocycles. The zero-order valence-electron chi connectivity index (χ0n) is 10.4. The molecule has 104 valence electrons. The van der Waals surface area contributed by atoms with Crippen molar-refractivity contribution in [1.29, 1.82) is 0 Å². The van der Waals surface area contributed by atoms with Gasteiger partial charge in [0.15, 0.2) is 5.82 Å². The molecule has 0 aromatic carbocycles. The fraction of sp³-hybridized carbons (Fsp3) is 0.455. The van der Waals surface area contributed by atoms with Crippen molar-refractivity contribution in [3.63, 3.8) is 0 Å². The number of thiophene rings is 1. The molecular formula is C11H17N5O2S. The number of hydrogen-bond donors (Lipinski definition) is 4. The van der Waals surface area contributed by atoms with Crippen molar-refractivity contribution in [1.82, 2.24) is 14.9 Å². The lowest BCUT2D eigenvalue weighted by Gasteiger charge is -2.19. The maximum Gasteiger partial charge on any atom is 0.152 e. The molecule has 0 bridgehead atoms. The highest BCUT2D eigenvalue weighted by Gasteiger charge is 2.11.